The second-order valence-corrected chi connectivity index (χ2v) is 9.90. The number of carbonyl (C=O) groups excluding carboxylic acids is 1. The van der Waals surface area contributed by atoms with Gasteiger partial charge in [-0.1, -0.05) is 55.5 Å². The van der Waals surface area contributed by atoms with E-state index in [0.717, 1.165) is 29.8 Å². The smallest absolute Gasteiger partial charge is 0.320 e. The van der Waals surface area contributed by atoms with Crippen molar-refractivity contribution in [3.05, 3.63) is 106 Å². The average Bonchev–Trinajstić information content (AvgIpc) is 3.22. The molecule has 0 N–H and O–H groups in total. The van der Waals surface area contributed by atoms with Crippen molar-refractivity contribution in [2.24, 2.45) is 0 Å². The van der Waals surface area contributed by atoms with Gasteiger partial charge in [-0.2, -0.15) is 9.78 Å². The van der Waals surface area contributed by atoms with E-state index in [2.05, 4.69) is 5.10 Å². The van der Waals surface area contributed by atoms with Crippen molar-refractivity contribution >= 4 is 21.5 Å². The van der Waals surface area contributed by atoms with Gasteiger partial charge in [0.2, 0.25) is 15.7 Å². The number of nitrogens with zero attached hydrogens (tertiary/aromatic N) is 3. The van der Waals surface area contributed by atoms with E-state index in [9.17, 15) is 23.3 Å². The minimum absolute atomic E-state index is 0.118. The summed E-state index contributed by atoms with van der Waals surface area (Å²) in [6, 6.07) is 22.3. The van der Waals surface area contributed by atoms with E-state index in [4.69, 9.17) is 4.74 Å². The summed E-state index contributed by atoms with van der Waals surface area (Å²) in [6.45, 7) is 3.34. The average molecular weight is 506 g/mol. The molecule has 36 heavy (non-hydrogen) atoms. The molecule has 1 heterocycles. The van der Waals surface area contributed by atoms with Gasteiger partial charge in [0.05, 0.1) is 27.1 Å². The topological polar surface area (TPSA) is 121 Å². The third-order valence-corrected chi connectivity index (χ3v) is 7.58. The molecule has 0 aliphatic rings. The Balaban J connectivity index is 1.85. The maximum atomic E-state index is 13.7. The fourth-order valence-corrected chi connectivity index (χ4v) is 5.41. The lowest BCUT2D eigenvalue weighted by Crippen LogP contribution is -2.21. The predicted molar refractivity (Wildman–Crippen MR) is 132 cm³/mol. The van der Waals surface area contributed by atoms with E-state index in [1.54, 1.807) is 30.3 Å². The minimum Gasteiger partial charge on any atom is -0.405 e. The van der Waals surface area contributed by atoms with E-state index in [1.807, 2.05) is 37.3 Å². The van der Waals surface area contributed by atoms with Crippen LogP contribution in [-0.4, -0.2) is 29.1 Å². The molecule has 0 amide bonds. The molecule has 1 atom stereocenters. The molecule has 4 aromatic rings. The van der Waals surface area contributed by atoms with Crippen molar-refractivity contribution in [3.8, 4) is 11.6 Å². The molecule has 0 fully saturated rings. The van der Waals surface area contributed by atoms with E-state index in [-0.39, 0.29) is 27.1 Å². The molecule has 4 rings (SSSR count). The van der Waals surface area contributed by atoms with Gasteiger partial charge in [-0.3, -0.25) is 14.9 Å². The molecule has 9 nitrogen and oxygen atoms in total. The van der Waals surface area contributed by atoms with Crippen molar-refractivity contribution in [3.63, 3.8) is 0 Å². The van der Waals surface area contributed by atoms with Crippen LogP contribution in [0.5, 0.6) is 5.88 Å². The van der Waals surface area contributed by atoms with Crippen LogP contribution in [0.1, 0.15) is 30.5 Å². The largest absolute Gasteiger partial charge is 0.405 e. The summed E-state index contributed by atoms with van der Waals surface area (Å²) in [5, 5.41) is 15.4. The summed E-state index contributed by atoms with van der Waals surface area (Å²) in [7, 11) is -4.26. The van der Waals surface area contributed by atoms with Gasteiger partial charge in [0.15, 0.2) is 4.90 Å². The first kappa shape index (κ1) is 24.8. The molecular formula is C26H23N3O6S. The second kappa shape index (κ2) is 10.1. The number of benzene rings is 3. The Morgan fingerprint density at radius 2 is 1.58 bits per heavy atom. The number of aromatic nitrogens is 2. The van der Waals surface area contributed by atoms with Gasteiger partial charge in [-0.15, -0.1) is 0 Å². The Hall–Kier alpha value is -4.31. The lowest BCUT2D eigenvalue weighted by molar-refractivity contribution is -0.384. The second-order valence-electron chi connectivity index (χ2n) is 8.01. The molecule has 0 bridgehead atoms. The number of sulfone groups is 1. The van der Waals surface area contributed by atoms with Crippen LogP contribution in [-0.2, 0) is 14.6 Å². The molecule has 0 saturated heterocycles. The van der Waals surface area contributed by atoms with Crippen LogP contribution in [0, 0.1) is 17.0 Å². The highest BCUT2D eigenvalue weighted by atomic mass is 32.2. The number of hydrogen-bond acceptors (Lipinski definition) is 7. The third-order valence-electron chi connectivity index (χ3n) is 5.68. The quantitative estimate of drug-likeness (QED) is 0.187. The fraction of sp³-hybridized carbons (Fsp3) is 0.154. The van der Waals surface area contributed by atoms with Crippen molar-refractivity contribution < 1.29 is 22.9 Å². The number of esters is 1. The van der Waals surface area contributed by atoms with Crippen LogP contribution in [0.25, 0.3) is 5.69 Å². The third kappa shape index (κ3) is 4.76. The van der Waals surface area contributed by atoms with Crippen molar-refractivity contribution in [2.45, 2.75) is 36.0 Å². The first-order valence-corrected chi connectivity index (χ1v) is 12.6. The zero-order valence-corrected chi connectivity index (χ0v) is 20.4. The van der Waals surface area contributed by atoms with Crippen LogP contribution in [0.2, 0.25) is 0 Å². The van der Waals surface area contributed by atoms with Crippen LogP contribution in [0.3, 0.4) is 0 Å². The summed E-state index contributed by atoms with van der Waals surface area (Å²) in [6.07, 6.45) is 0.436. The first-order chi connectivity index (χ1) is 17.2. The SMILES string of the molecule is CC[C@@H](C(=O)Oc1c(S(=O)(=O)c2ccc([N+](=O)[O-])cc2)c(C)nn1-c1ccccc1)c1ccccc1. The molecule has 184 valence electrons. The molecule has 0 saturated carbocycles. The van der Waals surface area contributed by atoms with Gasteiger partial charge in [0.25, 0.3) is 5.69 Å². The van der Waals surface area contributed by atoms with Gasteiger partial charge in [0, 0.05) is 12.1 Å². The summed E-state index contributed by atoms with van der Waals surface area (Å²) >= 11 is 0. The van der Waals surface area contributed by atoms with Crippen LogP contribution < -0.4 is 4.74 Å². The number of aryl methyl sites for hydroxylation is 1. The number of non-ortho nitro benzene ring substituents is 1. The number of ether oxygens (including phenoxy) is 1. The summed E-state index contributed by atoms with van der Waals surface area (Å²) in [4.78, 5) is 23.3. The zero-order valence-electron chi connectivity index (χ0n) is 19.6. The minimum atomic E-state index is -4.26. The summed E-state index contributed by atoms with van der Waals surface area (Å²) < 4.78 is 34.4. The van der Waals surface area contributed by atoms with Crippen molar-refractivity contribution in [1.82, 2.24) is 9.78 Å². The Morgan fingerprint density at radius 3 is 2.14 bits per heavy atom. The Kier molecular flexibility index (Phi) is 6.98. The molecule has 0 radical (unpaired) electrons. The normalized spacial score (nSPS) is 12.2. The number of rotatable bonds is 8. The standard InChI is InChI=1S/C26H23N3O6S/c1-3-23(19-10-6-4-7-11-19)26(30)35-25-24(18(2)27-28(25)20-12-8-5-9-13-20)36(33,34)22-16-14-21(15-17-22)29(31)32/h4-17,23H,3H2,1-2H3/t23-/m1/s1. The first-order valence-electron chi connectivity index (χ1n) is 11.1. The van der Waals surface area contributed by atoms with Crippen LogP contribution in [0.15, 0.2) is 94.7 Å². The lowest BCUT2D eigenvalue weighted by atomic mass is 9.97. The molecule has 0 spiro atoms. The fourth-order valence-electron chi connectivity index (χ4n) is 3.89. The lowest BCUT2D eigenvalue weighted by Gasteiger charge is -2.16. The number of hydrogen-bond donors (Lipinski definition) is 0. The van der Waals surface area contributed by atoms with E-state index in [0.29, 0.717) is 12.1 Å². The molecule has 0 aliphatic carbocycles. The molecule has 1 aromatic heterocycles. The van der Waals surface area contributed by atoms with E-state index in [1.165, 1.54) is 11.6 Å². The Morgan fingerprint density at radius 1 is 1.00 bits per heavy atom. The summed E-state index contributed by atoms with van der Waals surface area (Å²) in [5.74, 6) is -1.49. The Bertz CT molecular complexity index is 1500. The van der Waals surface area contributed by atoms with E-state index >= 15 is 0 Å². The number of nitro benzene ring substituents is 1. The highest BCUT2D eigenvalue weighted by Gasteiger charge is 2.33. The van der Waals surface area contributed by atoms with Gasteiger partial charge in [-0.05, 0) is 43.2 Å². The number of para-hydroxylation sites is 1. The van der Waals surface area contributed by atoms with Crippen molar-refractivity contribution in [2.75, 3.05) is 0 Å². The van der Waals surface area contributed by atoms with Crippen LogP contribution in [0.4, 0.5) is 5.69 Å². The van der Waals surface area contributed by atoms with Gasteiger partial charge >= 0.3 is 5.97 Å². The monoisotopic (exact) mass is 505 g/mol. The highest BCUT2D eigenvalue weighted by molar-refractivity contribution is 7.91. The van der Waals surface area contributed by atoms with Gasteiger partial charge in [-0.25, -0.2) is 8.42 Å². The maximum Gasteiger partial charge on any atom is 0.320 e. The van der Waals surface area contributed by atoms with Crippen LogP contribution >= 0.6 is 0 Å². The Labute approximate surface area is 208 Å². The molecule has 0 unspecified atom stereocenters. The number of carbonyl (C=O) groups is 1. The van der Waals surface area contributed by atoms with Gasteiger partial charge < -0.3 is 4.74 Å². The maximum absolute atomic E-state index is 13.7. The number of nitro groups is 1. The predicted octanol–water partition coefficient (Wildman–Crippen LogP) is 5.02. The highest BCUT2D eigenvalue weighted by Crippen LogP contribution is 2.36. The molecular weight excluding hydrogens is 482 g/mol. The van der Waals surface area contributed by atoms with Crippen molar-refractivity contribution in [1.29, 1.82) is 0 Å². The molecule has 10 heteroatoms. The van der Waals surface area contributed by atoms with Gasteiger partial charge in [0.1, 0.15) is 0 Å². The summed E-state index contributed by atoms with van der Waals surface area (Å²) in [5.41, 5.74) is 1.12. The molecule has 3 aromatic carbocycles. The van der Waals surface area contributed by atoms with E-state index < -0.39 is 26.6 Å². The zero-order chi connectivity index (χ0) is 25.9. The molecule has 0 aliphatic heterocycles.